The zero-order valence-electron chi connectivity index (χ0n) is 12.8. The lowest BCUT2D eigenvalue weighted by molar-refractivity contribution is 0.174. The maximum atomic E-state index is 4.41. The molecule has 0 unspecified atom stereocenters. The lowest BCUT2D eigenvalue weighted by Crippen LogP contribution is -2.40. The molecule has 1 aromatic rings. The monoisotopic (exact) mass is 262 g/mol. The van der Waals surface area contributed by atoms with Gasteiger partial charge in [-0.15, -0.1) is 0 Å². The highest BCUT2D eigenvalue weighted by Crippen LogP contribution is 2.22. The van der Waals surface area contributed by atoms with Gasteiger partial charge in [-0.1, -0.05) is 13.8 Å². The summed E-state index contributed by atoms with van der Waals surface area (Å²) in [5, 5.41) is 3.45. The largest absolute Gasteiger partial charge is 0.350 e. The molecule has 0 saturated carbocycles. The molecule has 0 aromatic carbocycles. The van der Waals surface area contributed by atoms with Gasteiger partial charge in [-0.25, -0.2) is 9.97 Å². The Morgan fingerprint density at radius 2 is 1.89 bits per heavy atom. The minimum absolute atomic E-state index is 0.249. The van der Waals surface area contributed by atoms with Gasteiger partial charge in [0.15, 0.2) is 0 Å². The second-order valence-corrected chi connectivity index (χ2v) is 6.74. The van der Waals surface area contributed by atoms with Gasteiger partial charge >= 0.3 is 0 Å². The Balaban J connectivity index is 1.92. The van der Waals surface area contributed by atoms with Crippen molar-refractivity contribution in [1.82, 2.24) is 14.9 Å². The Morgan fingerprint density at radius 1 is 1.26 bits per heavy atom. The average molecular weight is 262 g/mol. The van der Waals surface area contributed by atoms with Crippen LogP contribution in [-0.4, -0.2) is 39.5 Å². The van der Waals surface area contributed by atoms with Crippen LogP contribution in [0.15, 0.2) is 12.4 Å². The summed E-state index contributed by atoms with van der Waals surface area (Å²) in [5.74, 6) is 1.24. The molecule has 2 heterocycles. The molecule has 1 fully saturated rings. The molecular weight excluding hydrogens is 236 g/mol. The molecule has 1 saturated heterocycles. The predicted molar refractivity (Wildman–Crippen MR) is 79.5 cm³/mol. The molecule has 1 aliphatic heterocycles. The van der Waals surface area contributed by atoms with E-state index in [2.05, 4.69) is 54.8 Å². The topological polar surface area (TPSA) is 41.1 Å². The molecule has 106 valence electrons. The van der Waals surface area contributed by atoms with Gasteiger partial charge in [-0.05, 0) is 38.7 Å². The minimum atomic E-state index is 0.249. The highest BCUT2D eigenvalue weighted by atomic mass is 15.2. The van der Waals surface area contributed by atoms with Gasteiger partial charge in [0.1, 0.15) is 0 Å². The molecule has 4 heteroatoms. The molecular formula is C15H26N4. The van der Waals surface area contributed by atoms with Crippen LogP contribution in [0.3, 0.4) is 0 Å². The Kier molecular flexibility index (Phi) is 4.09. The number of nitrogens with zero attached hydrogens (tertiary/aromatic N) is 3. The summed E-state index contributed by atoms with van der Waals surface area (Å²) < 4.78 is 0. The highest BCUT2D eigenvalue weighted by Gasteiger charge is 2.30. The SMILES string of the molecule is CC(C)c1cnc(N[C@H]2CCN(C(C)(C)C)C2)nc1. The van der Waals surface area contributed by atoms with Crippen molar-refractivity contribution in [3.05, 3.63) is 18.0 Å². The molecule has 0 aliphatic carbocycles. The van der Waals surface area contributed by atoms with Crippen LogP contribution in [0, 0.1) is 0 Å². The van der Waals surface area contributed by atoms with Crippen molar-refractivity contribution >= 4 is 5.95 Å². The number of hydrogen-bond donors (Lipinski definition) is 1. The molecule has 1 atom stereocenters. The summed E-state index contributed by atoms with van der Waals surface area (Å²) in [5.41, 5.74) is 1.44. The molecule has 1 aromatic heterocycles. The van der Waals surface area contributed by atoms with E-state index in [1.54, 1.807) is 0 Å². The van der Waals surface area contributed by atoms with Crippen LogP contribution < -0.4 is 5.32 Å². The third kappa shape index (κ3) is 3.66. The standard InChI is InChI=1S/C15H26N4/c1-11(2)12-8-16-14(17-9-12)18-13-6-7-19(10-13)15(3,4)5/h8-9,11,13H,6-7,10H2,1-5H3,(H,16,17,18)/t13-/m0/s1. The number of hydrogen-bond acceptors (Lipinski definition) is 4. The van der Waals surface area contributed by atoms with Gasteiger partial charge in [0.2, 0.25) is 5.95 Å². The summed E-state index contributed by atoms with van der Waals surface area (Å²) in [6.45, 7) is 13.3. The van der Waals surface area contributed by atoms with E-state index in [0.29, 0.717) is 12.0 Å². The Labute approximate surface area is 116 Å². The van der Waals surface area contributed by atoms with E-state index in [4.69, 9.17) is 0 Å². The van der Waals surface area contributed by atoms with Crippen LogP contribution in [0.2, 0.25) is 0 Å². The van der Waals surface area contributed by atoms with E-state index >= 15 is 0 Å². The van der Waals surface area contributed by atoms with Crippen LogP contribution in [-0.2, 0) is 0 Å². The summed E-state index contributed by atoms with van der Waals surface area (Å²) in [7, 11) is 0. The van der Waals surface area contributed by atoms with E-state index in [-0.39, 0.29) is 5.54 Å². The van der Waals surface area contributed by atoms with Gasteiger partial charge in [0, 0.05) is 37.1 Å². The fraction of sp³-hybridized carbons (Fsp3) is 0.733. The quantitative estimate of drug-likeness (QED) is 0.909. The first-order valence-corrected chi connectivity index (χ1v) is 7.20. The number of nitrogens with one attached hydrogen (secondary N) is 1. The first-order chi connectivity index (χ1) is 8.86. The molecule has 0 amide bonds. The fourth-order valence-corrected chi connectivity index (χ4v) is 2.38. The molecule has 0 spiro atoms. The molecule has 0 bridgehead atoms. The highest BCUT2D eigenvalue weighted by molar-refractivity contribution is 5.28. The van der Waals surface area contributed by atoms with E-state index in [0.717, 1.165) is 25.5 Å². The van der Waals surface area contributed by atoms with Crippen molar-refractivity contribution in [3.8, 4) is 0 Å². The van der Waals surface area contributed by atoms with Gasteiger partial charge in [0.25, 0.3) is 0 Å². The summed E-state index contributed by atoms with van der Waals surface area (Å²) in [4.78, 5) is 11.3. The van der Waals surface area contributed by atoms with Crippen molar-refractivity contribution in [3.63, 3.8) is 0 Å². The van der Waals surface area contributed by atoms with Crippen molar-refractivity contribution in [2.24, 2.45) is 0 Å². The maximum absolute atomic E-state index is 4.41. The summed E-state index contributed by atoms with van der Waals surface area (Å²) >= 11 is 0. The number of rotatable bonds is 3. The van der Waals surface area contributed by atoms with Crippen LogP contribution in [0.25, 0.3) is 0 Å². The van der Waals surface area contributed by atoms with Crippen LogP contribution in [0.1, 0.15) is 52.5 Å². The van der Waals surface area contributed by atoms with Gasteiger partial charge < -0.3 is 5.32 Å². The lowest BCUT2D eigenvalue weighted by atomic mass is 10.1. The van der Waals surface area contributed by atoms with E-state index in [1.807, 2.05) is 12.4 Å². The Hall–Kier alpha value is -1.16. The molecule has 1 aliphatic rings. The molecule has 19 heavy (non-hydrogen) atoms. The normalized spacial score (nSPS) is 21.1. The second-order valence-electron chi connectivity index (χ2n) is 6.74. The molecule has 2 rings (SSSR count). The Bertz CT molecular complexity index is 405. The van der Waals surface area contributed by atoms with Crippen molar-refractivity contribution in [2.45, 2.75) is 58.5 Å². The first-order valence-electron chi connectivity index (χ1n) is 7.20. The van der Waals surface area contributed by atoms with Crippen molar-refractivity contribution in [1.29, 1.82) is 0 Å². The number of aromatic nitrogens is 2. The zero-order chi connectivity index (χ0) is 14.0. The van der Waals surface area contributed by atoms with Crippen LogP contribution >= 0.6 is 0 Å². The fourth-order valence-electron chi connectivity index (χ4n) is 2.38. The van der Waals surface area contributed by atoms with Crippen molar-refractivity contribution < 1.29 is 0 Å². The van der Waals surface area contributed by atoms with E-state index < -0.39 is 0 Å². The summed E-state index contributed by atoms with van der Waals surface area (Å²) in [6.07, 6.45) is 5.01. The number of anilines is 1. The van der Waals surface area contributed by atoms with Gasteiger partial charge in [-0.2, -0.15) is 0 Å². The Morgan fingerprint density at radius 3 is 2.37 bits per heavy atom. The van der Waals surface area contributed by atoms with E-state index in [1.165, 1.54) is 5.56 Å². The van der Waals surface area contributed by atoms with Gasteiger partial charge in [0.05, 0.1) is 0 Å². The lowest BCUT2D eigenvalue weighted by Gasteiger charge is -2.31. The maximum Gasteiger partial charge on any atom is 0.222 e. The third-order valence-electron chi connectivity index (χ3n) is 3.81. The zero-order valence-corrected chi connectivity index (χ0v) is 12.8. The van der Waals surface area contributed by atoms with E-state index in [9.17, 15) is 0 Å². The molecule has 0 radical (unpaired) electrons. The summed E-state index contributed by atoms with van der Waals surface area (Å²) in [6, 6.07) is 0.462. The minimum Gasteiger partial charge on any atom is -0.350 e. The van der Waals surface area contributed by atoms with Crippen LogP contribution in [0.4, 0.5) is 5.95 Å². The smallest absolute Gasteiger partial charge is 0.222 e. The van der Waals surface area contributed by atoms with Gasteiger partial charge in [-0.3, -0.25) is 4.90 Å². The molecule has 1 N–H and O–H groups in total. The average Bonchev–Trinajstić information content (AvgIpc) is 2.78. The second kappa shape index (κ2) is 5.45. The first kappa shape index (κ1) is 14.3. The number of likely N-dealkylation sites (tertiary alicyclic amines) is 1. The van der Waals surface area contributed by atoms with Crippen molar-refractivity contribution in [2.75, 3.05) is 18.4 Å². The van der Waals surface area contributed by atoms with Crippen LogP contribution in [0.5, 0.6) is 0 Å². The third-order valence-corrected chi connectivity index (χ3v) is 3.81. The molecule has 4 nitrogen and oxygen atoms in total. The predicted octanol–water partition coefficient (Wildman–Crippen LogP) is 2.88.